The van der Waals surface area contributed by atoms with Gasteiger partial charge in [0.15, 0.2) is 0 Å². The second-order valence-electron chi connectivity index (χ2n) is 7.07. The van der Waals surface area contributed by atoms with Crippen molar-refractivity contribution in [1.29, 1.82) is 0 Å². The summed E-state index contributed by atoms with van der Waals surface area (Å²) >= 11 is 1.59. The van der Waals surface area contributed by atoms with E-state index in [1.807, 2.05) is 23.6 Å². The summed E-state index contributed by atoms with van der Waals surface area (Å²) in [6, 6.07) is 18.6. The van der Waals surface area contributed by atoms with Gasteiger partial charge in [0.2, 0.25) is 5.91 Å². The third-order valence-corrected chi connectivity index (χ3v) is 5.58. The third-order valence-electron chi connectivity index (χ3n) is 4.64. The van der Waals surface area contributed by atoms with Crippen LogP contribution in [0, 0.1) is 5.92 Å². The largest absolute Gasteiger partial charge is 0.349 e. The molecule has 3 nitrogen and oxygen atoms in total. The van der Waals surface area contributed by atoms with Crippen molar-refractivity contribution in [2.45, 2.75) is 39.7 Å². The molecule has 0 spiro atoms. The van der Waals surface area contributed by atoms with Crippen molar-refractivity contribution in [1.82, 2.24) is 10.3 Å². The molecule has 3 aromatic rings. The lowest BCUT2D eigenvalue weighted by molar-refractivity contribution is -0.121. The summed E-state index contributed by atoms with van der Waals surface area (Å²) in [4.78, 5) is 17.2. The molecule has 1 aromatic heterocycles. The van der Waals surface area contributed by atoms with E-state index in [-0.39, 0.29) is 11.9 Å². The number of rotatable bonds is 7. The van der Waals surface area contributed by atoms with Crippen LogP contribution in [0.3, 0.4) is 0 Å². The number of benzene rings is 2. The highest BCUT2D eigenvalue weighted by Gasteiger charge is 2.19. The van der Waals surface area contributed by atoms with E-state index in [2.05, 4.69) is 67.5 Å². The van der Waals surface area contributed by atoms with Crippen LogP contribution in [0.1, 0.15) is 43.6 Å². The first kappa shape index (κ1) is 19.3. The Morgan fingerprint density at radius 1 is 1.07 bits per heavy atom. The Morgan fingerprint density at radius 3 is 2.41 bits per heavy atom. The number of aryl methyl sites for hydroxylation is 1. The highest BCUT2D eigenvalue weighted by atomic mass is 32.1. The second kappa shape index (κ2) is 8.96. The smallest absolute Gasteiger partial charge is 0.226 e. The van der Waals surface area contributed by atoms with Crippen LogP contribution in [0.4, 0.5) is 0 Å². The van der Waals surface area contributed by atoms with Gasteiger partial charge in [-0.1, -0.05) is 75.4 Å². The van der Waals surface area contributed by atoms with E-state index in [1.165, 1.54) is 5.56 Å². The molecule has 0 aliphatic carbocycles. The van der Waals surface area contributed by atoms with Crippen molar-refractivity contribution in [2.75, 3.05) is 0 Å². The standard InChI is InChI=1S/C23H26N2OS/c1-4-17-10-12-19(13-11-17)23-24-20(15-27-23)14-21(26)25-22(16(2)3)18-8-6-5-7-9-18/h5-13,15-16,22H,4,14H2,1-3H3,(H,25,26). The van der Waals surface area contributed by atoms with Crippen molar-refractivity contribution in [3.8, 4) is 10.6 Å². The molecule has 140 valence electrons. The molecule has 0 saturated carbocycles. The summed E-state index contributed by atoms with van der Waals surface area (Å²) in [5.41, 5.74) is 4.38. The Balaban J connectivity index is 1.66. The number of carbonyl (C=O) groups excluding carboxylic acids is 1. The Labute approximate surface area is 165 Å². The van der Waals surface area contributed by atoms with Crippen LogP contribution in [0.25, 0.3) is 10.6 Å². The predicted molar refractivity (Wildman–Crippen MR) is 113 cm³/mol. The third kappa shape index (κ3) is 5.04. The summed E-state index contributed by atoms with van der Waals surface area (Å²) in [6.45, 7) is 6.40. The molecule has 0 aliphatic rings. The van der Waals surface area contributed by atoms with Gasteiger partial charge in [-0.3, -0.25) is 4.79 Å². The van der Waals surface area contributed by atoms with Crippen LogP contribution in [-0.4, -0.2) is 10.9 Å². The Bertz CT molecular complexity index is 869. The average molecular weight is 379 g/mol. The molecule has 1 N–H and O–H groups in total. The molecular weight excluding hydrogens is 352 g/mol. The van der Waals surface area contributed by atoms with Gasteiger partial charge in [0.1, 0.15) is 5.01 Å². The van der Waals surface area contributed by atoms with Crippen molar-refractivity contribution in [3.05, 3.63) is 76.8 Å². The maximum Gasteiger partial charge on any atom is 0.226 e. The number of nitrogens with one attached hydrogen (secondary N) is 1. The van der Waals surface area contributed by atoms with Gasteiger partial charge in [-0.2, -0.15) is 0 Å². The van der Waals surface area contributed by atoms with Gasteiger partial charge in [0.25, 0.3) is 0 Å². The van der Waals surface area contributed by atoms with E-state index in [4.69, 9.17) is 0 Å². The lowest BCUT2D eigenvalue weighted by Gasteiger charge is -2.22. The number of nitrogens with zero attached hydrogens (tertiary/aromatic N) is 1. The average Bonchev–Trinajstić information content (AvgIpc) is 3.15. The summed E-state index contributed by atoms with van der Waals surface area (Å²) in [6.07, 6.45) is 1.33. The molecule has 1 unspecified atom stereocenters. The van der Waals surface area contributed by atoms with E-state index in [0.29, 0.717) is 12.3 Å². The van der Waals surface area contributed by atoms with Gasteiger partial charge < -0.3 is 5.32 Å². The molecule has 0 fully saturated rings. The van der Waals surface area contributed by atoms with Crippen molar-refractivity contribution in [2.24, 2.45) is 5.92 Å². The Kier molecular flexibility index (Phi) is 6.40. The van der Waals surface area contributed by atoms with E-state index < -0.39 is 0 Å². The lowest BCUT2D eigenvalue weighted by atomic mass is 9.96. The van der Waals surface area contributed by atoms with Crippen LogP contribution >= 0.6 is 11.3 Å². The zero-order valence-electron chi connectivity index (χ0n) is 16.1. The second-order valence-corrected chi connectivity index (χ2v) is 7.93. The number of aromatic nitrogens is 1. The van der Waals surface area contributed by atoms with Gasteiger partial charge in [0, 0.05) is 10.9 Å². The number of thiazole rings is 1. The molecule has 4 heteroatoms. The predicted octanol–water partition coefficient (Wildman–Crippen LogP) is 5.43. The van der Waals surface area contributed by atoms with Crippen molar-refractivity contribution < 1.29 is 4.79 Å². The first-order chi connectivity index (χ1) is 13.1. The molecule has 0 bridgehead atoms. The fourth-order valence-corrected chi connectivity index (χ4v) is 3.91. The molecule has 2 aromatic carbocycles. The monoisotopic (exact) mass is 378 g/mol. The number of carbonyl (C=O) groups is 1. The zero-order valence-corrected chi connectivity index (χ0v) is 16.9. The molecular formula is C23H26N2OS. The number of amides is 1. The fourth-order valence-electron chi connectivity index (χ4n) is 3.09. The Hall–Kier alpha value is -2.46. The van der Waals surface area contributed by atoms with Gasteiger partial charge in [-0.25, -0.2) is 4.98 Å². The molecule has 0 saturated heterocycles. The minimum Gasteiger partial charge on any atom is -0.349 e. The number of hydrogen-bond acceptors (Lipinski definition) is 3. The molecule has 1 amide bonds. The summed E-state index contributed by atoms with van der Waals surface area (Å²) in [7, 11) is 0. The summed E-state index contributed by atoms with van der Waals surface area (Å²) in [5.74, 6) is 0.329. The van der Waals surface area contributed by atoms with Crippen molar-refractivity contribution >= 4 is 17.2 Å². The van der Waals surface area contributed by atoms with Gasteiger partial charge >= 0.3 is 0 Å². The van der Waals surface area contributed by atoms with Crippen LogP contribution in [-0.2, 0) is 17.6 Å². The van der Waals surface area contributed by atoms with Gasteiger partial charge in [-0.15, -0.1) is 11.3 Å². The maximum atomic E-state index is 12.6. The van der Waals surface area contributed by atoms with Gasteiger partial charge in [0.05, 0.1) is 18.2 Å². The van der Waals surface area contributed by atoms with Crippen LogP contribution in [0.2, 0.25) is 0 Å². The fraction of sp³-hybridized carbons (Fsp3) is 0.304. The highest BCUT2D eigenvalue weighted by Crippen LogP contribution is 2.25. The summed E-state index contributed by atoms with van der Waals surface area (Å²) < 4.78 is 0. The molecule has 0 aliphatic heterocycles. The minimum atomic E-state index is 0.00994. The highest BCUT2D eigenvalue weighted by molar-refractivity contribution is 7.13. The normalized spacial score (nSPS) is 12.1. The van der Waals surface area contributed by atoms with Gasteiger partial charge in [-0.05, 0) is 23.5 Å². The molecule has 1 atom stereocenters. The maximum absolute atomic E-state index is 12.6. The van der Waals surface area contributed by atoms with Crippen molar-refractivity contribution in [3.63, 3.8) is 0 Å². The van der Waals surface area contributed by atoms with Crippen LogP contribution in [0.15, 0.2) is 60.0 Å². The van der Waals surface area contributed by atoms with E-state index >= 15 is 0 Å². The van der Waals surface area contributed by atoms with E-state index in [1.54, 1.807) is 11.3 Å². The topological polar surface area (TPSA) is 42.0 Å². The Morgan fingerprint density at radius 2 is 1.78 bits per heavy atom. The van der Waals surface area contributed by atoms with E-state index in [0.717, 1.165) is 28.2 Å². The first-order valence-electron chi connectivity index (χ1n) is 9.45. The summed E-state index contributed by atoms with van der Waals surface area (Å²) in [5, 5.41) is 6.11. The molecule has 1 heterocycles. The van der Waals surface area contributed by atoms with E-state index in [9.17, 15) is 4.79 Å². The zero-order chi connectivity index (χ0) is 19.2. The SMILES string of the molecule is CCc1ccc(-c2nc(CC(=O)NC(c3ccccc3)C(C)C)cs2)cc1. The lowest BCUT2D eigenvalue weighted by Crippen LogP contribution is -2.32. The minimum absolute atomic E-state index is 0.00994. The molecule has 27 heavy (non-hydrogen) atoms. The quantitative estimate of drug-likeness (QED) is 0.596. The van der Waals surface area contributed by atoms with Crippen LogP contribution < -0.4 is 5.32 Å². The number of hydrogen-bond donors (Lipinski definition) is 1. The first-order valence-corrected chi connectivity index (χ1v) is 10.3. The van der Waals surface area contributed by atoms with Crippen LogP contribution in [0.5, 0.6) is 0 Å². The molecule has 0 radical (unpaired) electrons. The molecule has 3 rings (SSSR count).